The maximum absolute atomic E-state index is 11.9. The third-order valence-corrected chi connectivity index (χ3v) is 3.57. The lowest BCUT2D eigenvalue weighted by atomic mass is 10.1. The van der Waals surface area contributed by atoms with Gasteiger partial charge in [0, 0.05) is 5.56 Å². The summed E-state index contributed by atoms with van der Waals surface area (Å²) in [7, 11) is 0. The van der Waals surface area contributed by atoms with Crippen LogP contribution in [0.15, 0.2) is 29.4 Å². The molecule has 108 valence electrons. The number of carbonyl (C=O) groups excluding carboxylic acids is 1. The highest BCUT2D eigenvalue weighted by Gasteiger charge is 2.13. The van der Waals surface area contributed by atoms with E-state index in [1.54, 1.807) is 25.1 Å². The van der Waals surface area contributed by atoms with E-state index in [4.69, 9.17) is 10.8 Å². The van der Waals surface area contributed by atoms with Crippen molar-refractivity contribution in [3.8, 4) is 0 Å². The molecule has 1 amide bonds. The Morgan fingerprint density at radius 3 is 2.76 bits per heavy atom. The van der Waals surface area contributed by atoms with E-state index in [-0.39, 0.29) is 5.56 Å². The lowest BCUT2D eigenvalue weighted by Crippen LogP contribution is -2.17. The number of amides is 1. The maximum atomic E-state index is 11.9. The van der Waals surface area contributed by atoms with E-state index >= 15 is 0 Å². The Morgan fingerprint density at radius 1 is 1.43 bits per heavy atom. The summed E-state index contributed by atoms with van der Waals surface area (Å²) in [6.07, 6.45) is 1.28. The van der Waals surface area contributed by atoms with Crippen molar-refractivity contribution >= 4 is 34.6 Å². The zero-order valence-electron chi connectivity index (χ0n) is 11.0. The van der Waals surface area contributed by atoms with Crippen LogP contribution in [0.5, 0.6) is 0 Å². The molecule has 4 N–H and O–H groups in total. The number of hydrogen-bond donors (Lipinski definition) is 3. The van der Waals surface area contributed by atoms with Crippen molar-refractivity contribution in [2.45, 2.75) is 6.92 Å². The minimum absolute atomic E-state index is 0.105. The van der Waals surface area contributed by atoms with E-state index in [1.165, 1.54) is 12.3 Å². The number of nitrogen functional groups attached to an aromatic ring is 1. The number of rotatable bonds is 4. The van der Waals surface area contributed by atoms with E-state index in [0.29, 0.717) is 21.3 Å². The molecule has 0 atom stereocenters. The summed E-state index contributed by atoms with van der Waals surface area (Å²) in [5.41, 5.74) is 8.86. The smallest absolute Gasteiger partial charge is 0.336 e. The standard InChI is InChI=1S/C13H12N4O3S/c1-7-10(21-13(14)16-7)11(18)17-15-6-8-4-2-3-5-9(8)12(19)20/h2-6H,1H3,(H2,14,16)(H,17,18)(H,19,20). The van der Waals surface area contributed by atoms with Crippen molar-refractivity contribution in [1.82, 2.24) is 10.4 Å². The highest BCUT2D eigenvalue weighted by atomic mass is 32.1. The first-order valence-corrected chi connectivity index (χ1v) is 6.69. The number of nitrogens with one attached hydrogen (secondary N) is 1. The second-order valence-electron chi connectivity index (χ2n) is 4.06. The van der Waals surface area contributed by atoms with Crippen LogP contribution >= 0.6 is 11.3 Å². The van der Waals surface area contributed by atoms with Crippen LogP contribution in [0.3, 0.4) is 0 Å². The van der Waals surface area contributed by atoms with Gasteiger partial charge in [0.2, 0.25) is 0 Å². The molecule has 1 aromatic carbocycles. The fraction of sp³-hybridized carbons (Fsp3) is 0.0769. The first-order valence-electron chi connectivity index (χ1n) is 5.87. The van der Waals surface area contributed by atoms with Crippen LogP contribution in [0.25, 0.3) is 0 Å². The van der Waals surface area contributed by atoms with Gasteiger partial charge in [0.1, 0.15) is 4.88 Å². The van der Waals surface area contributed by atoms with Crippen LogP contribution in [0.4, 0.5) is 5.13 Å². The average molecular weight is 304 g/mol. The number of carbonyl (C=O) groups is 2. The fourth-order valence-corrected chi connectivity index (χ4v) is 2.37. The predicted octanol–water partition coefficient (Wildman–Crippen LogP) is 1.50. The Balaban J connectivity index is 2.11. The van der Waals surface area contributed by atoms with Gasteiger partial charge < -0.3 is 10.8 Å². The molecule has 0 aliphatic rings. The van der Waals surface area contributed by atoms with E-state index in [2.05, 4.69) is 15.5 Å². The normalized spacial score (nSPS) is 10.7. The summed E-state index contributed by atoms with van der Waals surface area (Å²) in [5, 5.41) is 13.1. The molecule has 8 heteroatoms. The summed E-state index contributed by atoms with van der Waals surface area (Å²) < 4.78 is 0. The lowest BCUT2D eigenvalue weighted by molar-refractivity contribution is 0.0696. The first kappa shape index (κ1) is 14.7. The number of anilines is 1. The third kappa shape index (κ3) is 3.42. The van der Waals surface area contributed by atoms with Crippen LogP contribution in [0.1, 0.15) is 31.3 Å². The Kier molecular flexibility index (Phi) is 4.29. The summed E-state index contributed by atoms with van der Waals surface area (Å²) in [4.78, 5) is 27.2. The fourth-order valence-electron chi connectivity index (χ4n) is 1.64. The number of benzene rings is 1. The van der Waals surface area contributed by atoms with Gasteiger partial charge in [-0.05, 0) is 13.0 Å². The molecule has 0 saturated heterocycles. The largest absolute Gasteiger partial charge is 0.478 e. The van der Waals surface area contributed by atoms with Gasteiger partial charge in [0.05, 0.1) is 17.5 Å². The maximum Gasteiger partial charge on any atom is 0.336 e. The van der Waals surface area contributed by atoms with E-state index < -0.39 is 11.9 Å². The molecule has 0 fully saturated rings. The molecule has 1 aromatic heterocycles. The van der Waals surface area contributed by atoms with Gasteiger partial charge in [0.25, 0.3) is 5.91 Å². The van der Waals surface area contributed by atoms with E-state index in [9.17, 15) is 9.59 Å². The molecule has 0 unspecified atom stereocenters. The molecule has 2 aromatic rings. The molecule has 7 nitrogen and oxygen atoms in total. The van der Waals surface area contributed by atoms with Crippen molar-refractivity contribution in [3.63, 3.8) is 0 Å². The van der Waals surface area contributed by atoms with Crippen LogP contribution in [0.2, 0.25) is 0 Å². The summed E-state index contributed by atoms with van der Waals surface area (Å²) in [6, 6.07) is 6.35. The zero-order valence-corrected chi connectivity index (χ0v) is 11.8. The number of hydrogen-bond acceptors (Lipinski definition) is 6. The van der Waals surface area contributed by atoms with Crippen LogP contribution < -0.4 is 11.2 Å². The molecular weight excluding hydrogens is 292 g/mol. The molecule has 0 saturated carbocycles. The second kappa shape index (κ2) is 6.14. The number of carboxylic acids is 1. The molecule has 21 heavy (non-hydrogen) atoms. The SMILES string of the molecule is Cc1nc(N)sc1C(=O)NN=Cc1ccccc1C(=O)O. The van der Waals surface area contributed by atoms with Gasteiger partial charge in [-0.2, -0.15) is 5.10 Å². The number of aromatic nitrogens is 1. The van der Waals surface area contributed by atoms with Crippen molar-refractivity contribution in [1.29, 1.82) is 0 Å². The van der Waals surface area contributed by atoms with Crippen molar-refractivity contribution in [2.24, 2.45) is 5.10 Å². The molecule has 0 aliphatic carbocycles. The molecule has 0 radical (unpaired) electrons. The highest BCUT2D eigenvalue weighted by molar-refractivity contribution is 7.17. The van der Waals surface area contributed by atoms with E-state index in [1.807, 2.05) is 0 Å². The molecular formula is C13H12N4O3S. The topological polar surface area (TPSA) is 118 Å². The molecule has 0 spiro atoms. The van der Waals surface area contributed by atoms with Crippen LogP contribution in [-0.4, -0.2) is 28.2 Å². The number of aromatic carboxylic acids is 1. The summed E-state index contributed by atoms with van der Waals surface area (Å²) in [6.45, 7) is 1.67. The minimum atomic E-state index is -1.06. The van der Waals surface area contributed by atoms with Gasteiger partial charge in [-0.15, -0.1) is 0 Å². The Morgan fingerprint density at radius 2 is 2.14 bits per heavy atom. The minimum Gasteiger partial charge on any atom is -0.478 e. The van der Waals surface area contributed by atoms with Gasteiger partial charge in [-0.1, -0.05) is 29.5 Å². The Bertz CT molecular complexity index is 724. The number of hydrazone groups is 1. The molecule has 0 aliphatic heterocycles. The first-order chi connectivity index (χ1) is 9.99. The quantitative estimate of drug-likeness (QED) is 0.584. The van der Waals surface area contributed by atoms with Gasteiger partial charge in [-0.3, -0.25) is 4.79 Å². The third-order valence-electron chi connectivity index (χ3n) is 2.58. The Labute approximate surface area is 124 Å². The van der Waals surface area contributed by atoms with Gasteiger partial charge in [0.15, 0.2) is 5.13 Å². The number of carboxylic acid groups (broad SMARTS) is 1. The Hall–Kier alpha value is -2.74. The highest BCUT2D eigenvalue weighted by Crippen LogP contribution is 2.19. The van der Waals surface area contributed by atoms with Crippen LogP contribution in [0, 0.1) is 6.92 Å². The average Bonchev–Trinajstić information content (AvgIpc) is 2.78. The monoisotopic (exact) mass is 304 g/mol. The van der Waals surface area contributed by atoms with Crippen molar-refractivity contribution in [2.75, 3.05) is 5.73 Å². The second-order valence-corrected chi connectivity index (χ2v) is 5.09. The molecule has 0 bridgehead atoms. The lowest BCUT2D eigenvalue weighted by Gasteiger charge is -2.00. The van der Waals surface area contributed by atoms with Crippen molar-refractivity contribution in [3.05, 3.63) is 46.0 Å². The summed E-state index contributed by atoms with van der Waals surface area (Å²) >= 11 is 1.06. The molecule has 2 rings (SSSR count). The number of nitrogens with two attached hydrogens (primary N) is 1. The van der Waals surface area contributed by atoms with Gasteiger partial charge >= 0.3 is 5.97 Å². The van der Waals surface area contributed by atoms with E-state index in [0.717, 1.165) is 11.3 Å². The number of aryl methyl sites for hydroxylation is 1. The number of thiazole rings is 1. The van der Waals surface area contributed by atoms with Crippen molar-refractivity contribution < 1.29 is 14.7 Å². The zero-order chi connectivity index (χ0) is 15.4. The molecule has 1 heterocycles. The summed E-state index contributed by atoms with van der Waals surface area (Å²) in [5.74, 6) is -1.50. The van der Waals surface area contributed by atoms with Crippen LogP contribution in [-0.2, 0) is 0 Å². The van der Waals surface area contributed by atoms with Gasteiger partial charge in [-0.25, -0.2) is 15.2 Å². The number of nitrogens with zero attached hydrogens (tertiary/aromatic N) is 2. The predicted molar refractivity (Wildman–Crippen MR) is 79.7 cm³/mol.